The summed E-state index contributed by atoms with van der Waals surface area (Å²) in [6.07, 6.45) is 0.792. The molecule has 5 nitrogen and oxygen atoms in total. The van der Waals surface area contributed by atoms with Crippen LogP contribution in [0.3, 0.4) is 0 Å². The fourth-order valence-corrected chi connectivity index (χ4v) is 3.59. The quantitative estimate of drug-likeness (QED) is 0.732. The smallest absolute Gasteiger partial charge is 0.225 e. The lowest BCUT2D eigenvalue weighted by Gasteiger charge is -2.29. The van der Waals surface area contributed by atoms with Crippen molar-refractivity contribution in [2.24, 2.45) is 5.92 Å². The van der Waals surface area contributed by atoms with Crippen molar-refractivity contribution in [3.05, 3.63) is 28.9 Å². The van der Waals surface area contributed by atoms with Crippen molar-refractivity contribution in [3.63, 3.8) is 0 Å². The van der Waals surface area contributed by atoms with Gasteiger partial charge in [-0.15, -0.1) is 0 Å². The lowest BCUT2D eigenvalue weighted by atomic mass is 10.1. The maximum Gasteiger partial charge on any atom is 0.225 e. The Balaban J connectivity index is 0.00000136. The van der Waals surface area contributed by atoms with E-state index in [1.807, 2.05) is 44.4 Å². The Morgan fingerprint density at radius 2 is 1.82 bits per heavy atom. The van der Waals surface area contributed by atoms with Gasteiger partial charge in [0.15, 0.2) is 22.6 Å². The summed E-state index contributed by atoms with van der Waals surface area (Å²) in [7, 11) is 0. The molecule has 0 saturated carbocycles. The van der Waals surface area contributed by atoms with Crippen LogP contribution in [0.5, 0.6) is 0 Å². The number of anilines is 1. The Bertz CT molecular complexity index is 847. The van der Waals surface area contributed by atoms with Crippen molar-refractivity contribution in [1.82, 2.24) is 14.9 Å². The zero-order valence-corrected chi connectivity index (χ0v) is 17.7. The van der Waals surface area contributed by atoms with Gasteiger partial charge in [-0.25, -0.2) is 18.7 Å². The van der Waals surface area contributed by atoms with Crippen LogP contribution in [0.4, 0.5) is 14.6 Å². The molecule has 1 aliphatic rings. The standard InChI is InChI=1S/C18H21ClF2N4O.C2H6/c1-4-25(18(26)10(2)3)11-5-6-24(9-11)17-16(19)22-14-7-12(20)13(21)8-15(14)23-17;1-2/h7-8,10-11H,4-6,9H2,1-3H3;1-2H3. The van der Waals surface area contributed by atoms with Gasteiger partial charge in [-0.3, -0.25) is 4.79 Å². The van der Waals surface area contributed by atoms with Crippen molar-refractivity contribution in [1.29, 1.82) is 0 Å². The van der Waals surface area contributed by atoms with Gasteiger partial charge in [0.2, 0.25) is 5.91 Å². The van der Waals surface area contributed by atoms with Crippen LogP contribution >= 0.6 is 11.6 Å². The van der Waals surface area contributed by atoms with E-state index in [2.05, 4.69) is 9.97 Å². The number of amides is 1. The van der Waals surface area contributed by atoms with E-state index >= 15 is 0 Å². The molecule has 0 radical (unpaired) electrons. The summed E-state index contributed by atoms with van der Waals surface area (Å²) < 4.78 is 26.9. The van der Waals surface area contributed by atoms with E-state index in [9.17, 15) is 13.6 Å². The van der Waals surface area contributed by atoms with Gasteiger partial charge in [-0.1, -0.05) is 39.3 Å². The largest absolute Gasteiger partial charge is 0.352 e. The molecule has 3 rings (SSSR count). The average molecular weight is 413 g/mol. The van der Waals surface area contributed by atoms with Gasteiger partial charge in [0.05, 0.1) is 17.1 Å². The Labute approximate surface area is 169 Å². The first kappa shape index (κ1) is 22.3. The highest BCUT2D eigenvalue weighted by molar-refractivity contribution is 6.32. The third-order valence-electron chi connectivity index (χ3n) is 4.67. The topological polar surface area (TPSA) is 49.3 Å². The number of hydrogen-bond acceptors (Lipinski definition) is 4. The molecular weight excluding hydrogens is 386 g/mol. The van der Waals surface area contributed by atoms with E-state index in [1.165, 1.54) is 0 Å². The molecule has 1 aliphatic heterocycles. The number of fused-ring (bicyclic) bond motifs is 1. The van der Waals surface area contributed by atoms with Crippen molar-refractivity contribution in [2.45, 2.75) is 47.1 Å². The summed E-state index contributed by atoms with van der Waals surface area (Å²) in [5, 5.41) is 0.141. The second kappa shape index (κ2) is 9.45. The Hall–Kier alpha value is -2.02. The molecule has 1 aromatic carbocycles. The Morgan fingerprint density at radius 1 is 1.25 bits per heavy atom. The third-order valence-corrected chi connectivity index (χ3v) is 4.92. The van der Waals surface area contributed by atoms with Crippen LogP contribution in [0.2, 0.25) is 5.15 Å². The molecule has 28 heavy (non-hydrogen) atoms. The summed E-state index contributed by atoms with van der Waals surface area (Å²) in [6.45, 7) is 11.6. The van der Waals surface area contributed by atoms with Gasteiger partial charge in [0.1, 0.15) is 0 Å². The van der Waals surface area contributed by atoms with Crippen molar-refractivity contribution in [3.8, 4) is 0 Å². The predicted octanol–water partition coefficient (Wildman–Crippen LogP) is 4.67. The molecule has 1 aromatic heterocycles. The van der Waals surface area contributed by atoms with Crippen LogP contribution in [0.1, 0.15) is 41.0 Å². The highest BCUT2D eigenvalue weighted by atomic mass is 35.5. The summed E-state index contributed by atoms with van der Waals surface area (Å²) in [5.41, 5.74) is 0.455. The van der Waals surface area contributed by atoms with Gasteiger partial charge in [-0.2, -0.15) is 0 Å². The molecule has 154 valence electrons. The van der Waals surface area contributed by atoms with Crippen LogP contribution in [0.15, 0.2) is 12.1 Å². The number of likely N-dealkylation sites (N-methyl/N-ethyl adjacent to an activating group) is 1. The third kappa shape index (κ3) is 4.51. The van der Waals surface area contributed by atoms with Crippen LogP contribution in [-0.4, -0.2) is 46.5 Å². The Kier molecular flexibility index (Phi) is 7.52. The number of aromatic nitrogens is 2. The van der Waals surface area contributed by atoms with Crippen molar-refractivity contribution < 1.29 is 13.6 Å². The second-order valence-electron chi connectivity index (χ2n) is 6.76. The molecule has 1 amide bonds. The lowest BCUT2D eigenvalue weighted by molar-refractivity contribution is -0.136. The van der Waals surface area contributed by atoms with Crippen molar-refractivity contribution in [2.75, 3.05) is 24.5 Å². The van der Waals surface area contributed by atoms with Crippen LogP contribution in [0.25, 0.3) is 11.0 Å². The molecule has 1 unspecified atom stereocenters. The van der Waals surface area contributed by atoms with Gasteiger partial charge in [-0.05, 0) is 13.3 Å². The minimum Gasteiger partial charge on any atom is -0.352 e. The van der Waals surface area contributed by atoms with Gasteiger partial charge < -0.3 is 9.80 Å². The Morgan fingerprint density at radius 3 is 2.36 bits per heavy atom. The van der Waals surface area contributed by atoms with Gasteiger partial charge >= 0.3 is 0 Å². The van der Waals surface area contributed by atoms with Crippen LogP contribution < -0.4 is 4.90 Å². The maximum absolute atomic E-state index is 13.5. The molecule has 0 spiro atoms. The molecule has 2 aromatic rings. The summed E-state index contributed by atoms with van der Waals surface area (Å²) in [4.78, 5) is 24.7. The van der Waals surface area contributed by atoms with Crippen molar-refractivity contribution >= 4 is 34.4 Å². The molecule has 1 saturated heterocycles. The van der Waals surface area contributed by atoms with E-state index in [-0.39, 0.29) is 34.1 Å². The van der Waals surface area contributed by atoms with Crippen LogP contribution in [-0.2, 0) is 4.79 Å². The summed E-state index contributed by atoms with van der Waals surface area (Å²) in [5.74, 6) is -1.47. The normalized spacial score (nSPS) is 16.3. The second-order valence-corrected chi connectivity index (χ2v) is 7.12. The monoisotopic (exact) mass is 412 g/mol. The van der Waals surface area contributed by atoms with Gasteiger partial charge in [0.25, 0.3) is 0 Å². The SMILES string of the molecule is CC.CCN(C(=O)C(C)C)C1CCN(c2nc3cc(F)c(F)cc3nc2Cl)C1. The fourth-order valence-electron chi connectivity index (χ4n) is 3.34. The number of carbonyl (C=O) groups is 1. The fraction of sp³-hybridized carbons (Fsp3) is 0.550. The zero-order chi connectivity index (χ0) is 21.0. The van der Waals surface area contributed by atoms with E-state index < -0.39 is 11.6 Å². The highest BCUT2D eigenvalue weighted by Crippen LogP contribution is 2.30. The van der Waals surface area contributed by atoms with Gasteiger partial charge in [0, 0.05) is 37.7 Å². The summed E-state index contributed by atoms with van der Waals surface area (Å²) in [6, 6.07) is 2.07. The molecule has 0 aliphatic carbocycles. The number of halogens is 3. The molecule has 1 fully saturated rings. The average Bonchev–Trinajstić information content (AvgIpc) is 3.14. The molecule has 1 atom stereocenters. The first-order chi connectivity index (χ1) is 13.3. The van der Waals surface area contributed by atoms with Crippen LogP contribution in [0, 0.1) is 17.6 Å². The molecular formula is C20H27ClF2N4O. The number of carbonyl (C=O) groups excluding carboxylic acids is 1. The first-order valence-corrected chi connectivity index (χ1v) is 10.1. The number of benzene rings is 1. The highest BCUT2D eigenvalue weighted by Gasteiger charge is 2.32. The van der Waals surface area contributed by atoms with E-state index in [0.717, 1.165) is 18.6 Å². The number of nitrogens with zero attached hydrogens (tertiary/aromatic N) is 4. The number of rotatable bonds is 4. The van der Waals surface area contributed by atoms with E-state index in [1.54, 1.807) is 0 Å². The summed E-state index contributed by atoms with van der Waals surface area (Å²) >= 11 is 6.24. The predicted molar refractivity (Wildman–Crippen MR) is 109 cm³/mol. The number of hydrogen-bond donors (Lipinski definition) is 0. The minimum absolute atomic E-state index is 0.0633. The molecule has 0 bridgehead atoms. The zero-order valence-electron chi connectivity index (χ0n) is 17.0. The molecule has 0 N–H and O–H groups in total. The molecule has 8 heteroatoms. The lowest BCUT2D eigenvalue weighted by Crippen LogP contribution is -2.43. The minimum atomic E-state index is -0.984. The van der Waals surface area contributed by atoms with E-state index in [4.69, 9.17) is 11.6 Å². The van der Waals surface area contributed by atoms with E-state index in [0.29, 0.717) is 25.5 Å². The maximum atomic E-state index is 13.5. The molecule has 2 heterocycles. The first-order valence-electron chi connectivity index (χ1n) is 9.69.